The Balaban J connectivity index is 2.32. The first kappa shape index (κ1) is 15.7. The quantitative estimate of drug-likeness (QED) is 0.794. The zero-order chi connectivity index (χ0) is 17.1. The maximum atomic E-state index is 9.48. The number of nitrogens with two attached hydrogens (primary N) is 1. The van der Waals surface area contributed by atoms with Crippen LogP contribution in [0.25, 0.3) is 22.0 Å². The van der Waals surface area contributed by atoms with E-state index in [2.05, 4.69) is 16.0 Å². The van der Waals surface area contributed by atoms with E-state index in [0.717, 1.165) is 22.2 Å². The van der Waals surface area contributed by atoms with Crippen LogP contribution in [0.2, 0.25) is 0 Å². The molecule has 2 heterocycles. The molecule has 0 atom stereocenters. The van der Waals surface area contributed by atoms with Gasteiger partial charge >= 0.3 is 0 Å². The van der Waals surface area contributed by atoms with Crippen molar-refractivity contribution in [3.8, 4) is 28.7 Å². The Morgan fingerprint density at radius 1 is 1.08 bits per heavy atom. The molecule has 6 heteroatoms. The molecule has 0 bridgehead atoms. The minimum absolute atomic E-state index is 0.369. The van der Waals surface area contributed by atoms with Crippen LogP contribution in [0.1, 0.15) is 11.3 Å². The fraction of sp³-hybridized carbons (Fsp3) is 0.167. The van der Waals surface area contributed by atoms with Crippen LogP contribution < -0.4 is 15.2 Å². The number of ether oxygens (including phenoxy) is 2. The minimum Gasteiger partial charge on any atom is -0.493 e. The molecule has 0 unspecified atom stereocenters. The lowest BCUT2D eigenvalue weighted by atomic mass is 9.97. The highest BCUT2D eigenvalue weighted by Gasteiger charge is 2.15. The number of aromatic nitrogens is 2. The van der Waals surface area contributed by atoms with Crippen molar-refractivity contribution in [3.05, 3.63) is 47.9 Å². The van der Waals surface area contributed by atoms with Crippen LogP contribution in [0.5, 0.6) is 11.5 Å². The van der Waals surface area contributed by atoms with Gasteiger partial charge in [0.1, 0.15) is 6.07 Å². The van der Waals surface area contributed by atoms with Crippen LogP contribution >= 0.6 is 0 Å². The topological polar surface area (TPSA) is 94.0 Å². The Morgan fingerprint density at radius 2 is 1.83 bits per heavy atom. The zero-order valence-electron chi connectivity index (χ0n) is 13.4. The largest absolute Gasteiger partial charge is 0.493 e. The molecule has 0 fully saturated rings. The predicted octanol–water partition coefficient (Wildman–Crippen LogP) is 2.64. The van der Waals surface area contributed by atoms with E-state index in [4.69, 9.17) is 15.2 Å². The summed E-state index contributed by atoms with van der Waals surface area (Å²) in [4.78, 5) is 8.68. The summed E-state index contributed by atoms with van der Waals surface area (Å²) in [6, 6.07) is 9.57. The molecule has 6 nitrogen and oxygen atoms in total. The monoisotopic (exact) mass is 320 g/mol. The van der Waals surface area contributed by atoms with Gasteiger partial charge in [0.15, 0.2) is 11.5 Å². The van der Waals surface area contributed by atoms with Crippen LogP contribution in [0.4, 0.5) is 0 Å². The van der Waals surface area contributed by atoms with Crippen molar-refractivity contribution >= 4 is 10.9 Å². The summed E-state index contributed by atoms with van der Waals surface area (Å²) < 4.78 is 10.7. The van der Waals surface area contributed by atoms with E-state index in [1.165, 1.54) is 0 Å². The molecule has 120 valence electrons. The van der Waals surface area contributed by atoms with Crippen LogP contribution in [0.15, 0.2) is 36.7 Å². The maximum absolute atomic E-state index is 9.48. The van der Waals surface area contributed by atoms with Gasteiger partial charge in [0.25, 0.3) is 0 Å². The van der Waals surface area contributed by atoms with Crippen LogP contribution in [0.3, 0.4) is 0 Å². The number of fused-ring (bicyclic) bond motifs is 1. The Kier molecular flexibility index (Phi) is 4.27. The number of nitriles is 1. The van der Waals surface area contributed by atoms with Gasteiger partial charge in [-0.05, 0) is 12.1 Å². The number of hydrogen-bond donors (Lipinski definition) is 1. The Morgan fingerprint density at radius 3 is 2.42 bits per heavy atom. The van der Waals surface area contributed by atoms with Crippen LogP contribution in [0, 0.1) is 11.3 Å². The molecule has 0 aliphatic rings. The van der Waals surface area contributed by atoms with Gasteiger partial charge in [-0.15, -0.1) is 0 Å². The predicted molar refractivity (Wildman–Crippen MR) is 90.7 cm³/mol. The molecule has 2 aromatic heterocycles. The Bertz CT molecular complexity index is 930. The normalized spacial score (nSPS) is 10.4. The summed E-state index contributed by atoms with van der Waals surface area (Å²) >= 11 is 0. The summed E-state index contributed by atoms with van der Waals surface area (Å²) in [6.45, 7) is 0.369. The molecule has 3 rings (SSSR count). The Labute approximate surface area is 139 Å². The second-order valence-corrected chi connectivity index (χ2v) is 5.13. The zero-order valence-corrected chi connectivity index (χ0v) is 13.4. The standard InChI is InChI=1S/C18H16N4O2/c1-23-16-5-14-15(6-17(16)24-2)22-10-12(7-19)18(14)11-3-4-13(8-20)21-9-11/h3-6,9-10H,8,20H2,1-2H3. The number of pyridine rings is 2. The van der Waals surface area contributed by atoms with Crippen molar-refractivity contribution in [2.45, 2.75) is 6.54 Å². The van der Waals surface area contributed by atoms with Crippen molar-refractivity contribution in [2.75, 3.05) is 14.2 Å². The van der Waals surface area contributed by atoms with E-state index in [-0.39, 0.29) is 0 Å². The first-order valence-electron chi connectivity index (χ1n) is 7.32. The van der Waals surface area contributed by atoms with Gasteiger partial charge in [-0.2, -0.15) is 5.26 Å². The molecule has 2 N–H and O–H groups in total. The smallest absolute Gasteiger partial charge is 0.162 e. The van der Waals surface area contributed by atoms with Gasteiger partial charge in [0.2, 0.25) is 0 Å². The summed E-state index contributed by atoms with van der Waals surface area (Å²) in [5.41, 5.74) is 9.15. The fourth-order valence-electron chi connectivity index (χ4n) is 2.61. The lowest BCUT2D eigenvalue weighted by Gasteiger charge is -2.13. The second kappa shape index (κ2) is 6.52. The minimum atomic E-state index is 0.369. The lowest BCUT2D eigenvalue weighted by Crippen LogP contribution is -1.99. The maximum Gasteiger partial charge on any atom is 0.162 e. The van der Waals surface area contributed by atoms with E-state index in [1.54, 1.807) is 32.7 Å². The SMILES string of the molecule is COc1cc2ncc(C#N)c(-c3ccc(CN)nc3)c2cc1OC. The third-order valence-corrected chi connectivity index (χ3v) is 3.82. The number of nitrogens with zero attached hydrogens (tertiary/aromatic N) is 3. The molecule has 0 saturated carbocycles. The summed E-state index contributed by atoms with van der Waals surface area (Å²) in [7, 11) is 3.15. The Hall–Kier alpha value is -3.17. The van der Waals surface area contributed by atoms with Crippen molar-refractivity contribution in [1.82, 2.24) is 9.97 Å². The van der Waals surface area contributed by atoms with E-state index in [0.29, 0.717) is 29.1 Å². The average molecular weight is 320 g/mol. The highest BCUT2D eigenvalue weighted by molar-refractivity contribution is 5.98. The molecule has 0 aliphatic heterocycles. The van der Waals surface area contributed by atoms with Gasteiger partial charge in [-0.3, -0.25) is 9.97 Å². The number of rotatable bonds is 4. The van der Waals surface area contributed by atoms with Gasteiger partial charge in [-0.25, -0.2) is 0 Å². The summed E-state index contributed by atoms with van der Waals surface area (Å²) in [5.74, 6) is 1.17. The van der Waals surface area contributed by atoms with Crippen molar-refractivity contribution < 1.29 is 9.47 Å². The molecule has 24 heavy (non-hydrogen) atoms. The number of benzene rings is 1. The lowest BCUT2D eigenvalue weighted by molar-refractivity contribution is 0.356. The van der Waals surface area contributed by atoms with Gasteiger partial charge < -0.3 is 15.2 Å². The van der Waals surface area contributed by atoms with Gasteiger partial charge in [0.05, 0.1) is 31.0 Å². The third kappa shape index (κ3) is 2.62. The molecule has 0 aliphatic carbocycles. The molecule has 0 amide bonds. The van der Waals surface area contributed by atoms with Gasteiger partial charge in [-0.1, -0.05) is 6.07 Å². The molecular weight excluding hydrogens is 304 g/mol. The van der Waals surface area contributed by atoms with Gasteiger partial charge in [0, 0.05) is 41.5 Å². The fourth-order valence-corrected chi connectivity index (χ4v) is 2.61. The average Bonchev–Trinajstić information content (AvgIpc) is 2.65. The van der Waals surface area contributed by atoms with Crippen molar-refractivity contribution in [1.29, 1.82) is 5.26 Å². The molecule has 0 spiro atoms. The third-order valence-electron chi connectivity index (χ3n) is 3.82. The number of methoxy groups -OCH3 is 2. The molecule has 0 saturated heterocycles. The van der Waals surface area contributed by atoms with Crippen molar-refractivity contribution in [2.24, 2.45) is 5.73 Å². The highest BCUT2D eigenvalue weighted by atomic mass is 16.5. The first-order valence-corrected chi connectivity index (χ1v) is 7.32. The van der Waals surface area contributed by atoms with E-state index >= 15 is 0 Å². The first-order chi connectivity index (χ1) is 11.7. The second-order valence-electron chi connectivity index (χ2n) is 5.13. The van der Waals surface area contributed by atoms with Crippen LogP contribution in [-0.4, -0.2) is 24.2 Å². The van der Waals surface area contributed by atoms with Crippen molar-refractivity contribution in [3.63, 3.8) is 0 Å². The molecule has 3 aromatic rings. The summed E-state index contributed by atoms with van der Waals surface area (Å²) in [5, 5.41) is 10.3. The van der Waals surface area contributed by atoms with Crippen LogP contribution in [-0.2, 0) is 6.54 Å². The molecule has 1 aromatic carbocycles. The van der Waals surface area contributed by atoms with E-state index in [9.17, 15) is 5.26 Å². The number of hydrogen-bond acceptors (Lipinski definition) is 6. The summed E-state index contributed by atoms with van der Waals surface area (Å²) in [6.07, 6.45) is 3.27. The van der Waals surface area contributed by atoms with E-state index < -0.39 is 0 Å². The van der Waals surface area contributed by atoms with E-state index in [1.807, 2.05) is 18.2 Å². The molecule has 0 radical (unpaired) electrons. The highest BCUT2D eigenvalue weighted by Crippen LogP contribution is 2.37. The molecular formula is C18H16N4O2.